The van der Waals surface area contributed by atoms with Crippen LogP contribution in [0.25, 0.3) is 0 Å². The molecule has 0 spiro atoms. The van der Waals surface area contributed by atoms with Gasteiger partial charge in [-0.15, -0.1) is 0 Å². The summed E-state index contributed by atoms with van der Waals surface area (Å²) in [5.74, 6) is 0.798. The number of aryl methyl sites for hydroxylation is 1. The number of ether oxygens (including phenoxy) is 1. The Morgan fingerprint density at radius 1 is 1.56 bits per heavy atom. The maximum atomic E-state index is 6.11. The minimum absolute atomic E-state index is 0.0517. The van der Waals surface area contributed by atoms with Crippen LogP contribution in [0.1, 0.15) is 30.8 Å². The number of furan rings is 1. The molecule has 0 radical (unpaired) electrons. The van der Waals surface area contributed by atoms with E-state index in [1.807, 2.05) is 32.3 Å². The van der Waals surface area contributed by atoms with E-state index in [-0.39, 0.29) is 12.1 Å². The standard InChI is InChI=1S/C13H19N3O2/c1-3-12(14)13(10-7-15-16(2)8-10)18-9-11-5-4-6-17-11/h4-8,12-13H,3,9,14H2,1-2H3. The highest BCUT2D eigenvalue weighted by molar-refractivity contribution is 5.11. The number of hydrogen-bond donors (Lipinski definition) is 1. The van der Waals surface area contributed by atoms with Crippen LogP contribution in [-0.2, 0) is 18.4 Å². The van der Waals surface area contributed by atoms with E-state index in [1.54, 1.807) is 17.1 Å². The van der Waals surface area contributed by atoms with Gasteiger partial charge < -0.3 is 14.9 Å². The number of nitrogens with zero attached hydrogens (tertiary/aromatic N) is 2. The van der Waals surface area contributed by atoms with Crippen LogP contribution in [0.2, 0.25) is 0 Å². The van der Waals surface area contributed by atoms with Crippen molar-refractivity contribution in [3.63, 3.8) is 0 Å². The number of rotatable bonds is 6. The van der Waals surface area contributed by atoms with Gasteiger partial charge in [-0.1, -0.05) is 6.92 Å². The van der Waals surface area contributed by atoms with Gasteiger partial charge in [0.05, 0.1) is 12.5 Å². The van der Waals surface area contributed by atoms with E-state index < -0.39 is 0 Å². The van der Waals surface area contributed by atoms with Gasteiger partial charge in [-0.2, -0.15) is 5.10 Å². The lowest BCUT2D eigenvalue weighted by Gasteiger charge is -2.21. The van der Waals surface area contributed by atoms with Gasteiger partial charge in [0.25, 0.3) is 0 Å². The summed E-state index contributed by atoms with van der Waals surface area (Å²) in [4.78, 5) is 0. The molecule has 0 saturated heterocycles. The molecule has 2 heterocycles. The van der Waals surface area contributed by atoms with Crippen molar-refractivity contribution in [3.8, 4) is 0 Å². The molecule has 2 atom stereocenters. The van der Waals surface area contributed by atoms with Gasteiger partial charge in [-0.05, 0) is 18.6 Å². The highest BCUT2D eigenvalue weighted by Crippen LogP contribution is 2.23. The third-order valence-electron chi connectivity index (χ3n) is 2.90. The van der Waals surface area contributed by atoms with Gasteiger partial charge in [0.15, 0.2) is 0 Å². The third-order valence-corrected chi connectivity index (χ3v) is 2.90. The Balaban J connectivity index is 2.05. The maximum Gasteiger partial charge on any atom is 0.129 e. The lowest BCUT2D eigenvalue weighted by molar-refractivity contribution is 0.0126. The molecular weight excluding hydrogens is 230 g/mol. The van der Waals surface area contributed by atoms with Gasteiger partial charge >= 0.3 is 0 Å². The lowest BCUT2D eigenvalue weighted by atomic mass is 10.0. The second-order valence-electron chi connectivity index (χ2n) is 4.33. The summed E-state index contributed by atoms with van der Waals surface area (Å²) in [5, 5.41) is 4.16. The van der Waals surface area contributed by atoms with Crippen molar-refractivity contribution >= 4 is 0 Å². The Bertz CT molecular complexity index is 464. The first-order valence-electron chi connectivity index (χ1n) is 6.08. The first kappa shape index (κ1) is 12.9. The maximum absolute atomic E-state index is 6.11. The quantitative estimate of drug-likeness (QED) is 0.850. The molecule has 0 aliphatic heterocycles. The second-order valence-corrected chi connectivity index (χ2v) is 4.33. The van der Waals surface area contributed by atoms with Crippen molar-refractivity contribution in [1.29, 1.82) is 0 Å². The average molecular weight is 249 g/mol. The molecule has 0 aliphatic carbocycles. The summed E-state index contributed by atoms with van der Waals surface area (Å²) in [7, 11) is 1.88. The van der Waals surface area contributed by atoms with Crippen LogP contribution in [0.5, 0.6) is 0 Å². The molecule has 0 fully saturated rings. The van der Waals surface area contributed by atoms with E-state index in [2.05, 4.69) is 5.10 Å². The molecule has 2 aromatic rings. The predicted molar refractivity (Wildman–Crippen MR) is 67.7 cm³/mol. The van der Waals surface area contributed by atoms with Gasteiger partial charge in [0.1, 0.15) is 18.5 Å². The number of aromatic nitrogens is 2. The van der Waals surface area contributed by atoms with Gasteiger partial charge in [-0.3, -0.25) is 4.68 Å². The molecule has 2 rings (SSSR count). The largest absolute Gasteiger partial charge is 0.467 e. The highest BCUT2D eigenvalue weighted by atomic mass is 16.5. The fourth-order valence-electron chi connectivity index (χ4n) is 1.83. The molecule has 0 bridgehead atoms. The molecule has 2 N–H and O–H groups in total. The summed E-state index contributed by atoms with van der Waals surface area (Å²) in [6.07, 6.45) is 6.05. The van der Waals surface area contributed by atoms with E-state index in [9.17, 15) is 0 Å². The molecular formula is C13H19N3O2. The van der Waals surface area contributed by atoms with E-state index in [4.69, 9.17) is 14.9 Å². The van der Waals surface area contributed by atoms with Crippen LogP contribution < -0.4 is 5.73 Å². The van der Waals surface area contributed by atoms with Crippen molar-refractivity contribution in [1.82, 2.24) is 9.78 Å². The van der Waals surface area contributed by atoms with Crippen LogP contribution in [0, 0.1) is 0 Å². The average Bonchev–Trinajstić information content (AvgIpc) is 3.01. The topological polar surface area (TPSA) is 66.2 Å². The van der Waals surface area contributed by atoms with E-state index in [1.165, 1.54) is 0 Å². The van der Waals surface area contributed by atoms with Crippen molar-refractivity contribution in [2.24, 2.45) is 12.8 Å². The van der Waals surface area contributed by atoms with Gasteiger partial charge in [-0.25, -0.2) is 0 Å². The number of nitrogens with two attached hydrogens (primary N) is 1. The summed E-state index contributed by atoms with van der Waals surface area (Å²) in [6, 6.07) is 3.68. The van der Waals surface area contributed by atoms with Gasteiger partial charge in [0, 0.05) is 24.8 Å². The predicted octanol–water partition coefficient (Wildman–Crippen LogP) is 2.01. The molecule has 0 aliphatic rings. The number of hydrogen-bond acceptors (Lipinski definition) is 4. The molecule has 2 unspecified atom stereocenters. The van der Waals surface area contributed by atoms with Crippen LogP contribution in [0.15, 0.2) is 35.2 Å². The fraction of sp³-hybridized carbons (Fsp3) is 0.462. The minimum Gasteiger partial charge on any atom is -0.467 e. The molecule has 18 heavy (non-hydrogen) atoms. The molecule has 0 aromatic carbocycles. The summed E-state index contributed by atoms with van der Waals surface area (Å²) < 4.78 is 12.9. The Morgan fingerprint density at radius 3 is 2.94 bits per heavy atom. The minimum atomic E-state index is -0.159. The van der Waals surface area contributed by atoms with Crippen molar-refractivity contribution in [2.75, 3.05) is 0 Å². The Labute approximate surface area is 107 Å². The highest BCUT2D eigenvalue weighted by Gasteiger charge is 2.21. The zero-order valence-corrected chi connectivity index (χ0v) is 10.7. The first-order valence-corrected chi connectivity index (χ1v) is 6.08. The monoisotopic (exact) mass is 249 g/mol. The van der Waals surface area contributed by atoms with Crippen LogP contribution in [0.3, 0.4) is 0 Å². The third kappa shape index (κ3) is 3.00. The summed E-state index contributed by atoms with van der Waals surface area (Å²) in [5.41, 5.74) is 7.10. The summed E-state index contributed by atoms with van der Waals surface area (Å²) in [6.45, 7) is 2.46. The Kier molecular flexibility index (Phi) is 4.17. The van der Waals surface area contributed by atoms with E-state index >= 15 is 0 Å². The Hall–Kier alpha value is -1.59. The smallest absolute Gasteiger partial charge is 0.129 e. The van der Waals surface area contributed by atoms with Gasteiger partial charge in [0.2, 0.25) is 0 Å². The molecule has 0 saturated carbocycles. The van der Waals surface area contributed by atoms with Crippen LogP contribution >= 0.6 is 0 Å². The van der Waals surface area contributed by atoms with Crippen LogP contribution in [-0.4, -0.2) is 15.8 Å². The molecule has 5 nitrogen and oxygen atoms in total. The molecule has 98 valence electrons. The molecule has 0 amide bonds. The molecule has 2 aromatic heterocycles. The van der Waals surface area contributed by atoms with Crippen LogP contribution in [0.4, 0.5) is 0 Å². The van der Waals surface area contributed by atoms with Crippen molar-refractivity contribution < 1.29 is 9.15 Å². The zero-order valence-electron chi connectivity index (χ0n) is 10.7. The van der Waals surface area contributed by atoms with E-state index in [0.29, 0.717) is 6.61 Å². The SMILES string of the molecule is CCC(N)C(OCc1ccco1)c1cnn(C)c1. The van der Waals surface area contributed by atoms with Crippen molar-refractivity contribution in [3.05, 3.63) is 42.1 Å². The second kappa shape index (κ2) is 5.84. The van der Waals surface area contributed by atoms with Crippen molar-refractivity contribution in [2.45, 2.75) is 32.1 Å². The summed E-state index contributed by atoms with van der Waals surface area (Å²) >= 11 is 0. The normalized spacial score (nSPS) is 14.6. The zero-order chi connectivity index (χ0) is 13.0. The van der Waals surface area contributed by atoms with E-state index in [0.717, 1.165) is 17.7 Å². The lowest BCUT2D eigenvalue weighted by Crippen LogP contribution is -2.29. The fourth-order valence-corrected chi connectivity index (χ4v) is 1.83. The Morgan fingerprint density at radius 2 is 2.39 bits per heavy atom. The molecule has 5 heteroatoms. The first-order chi connectivity index (χ1) is 8.70.